The van der Waals surface area contributed by atoms with Gasteiger partial charge in [-0.05, 0) is 44.3 Å². The van der Waals surface area contributed by atoms with Crippen molar-refractivity contribution in [2.45, 2.75) is 57.8 Å². The molecule has 1 saturated heterocycles. The van der Waals surface area contributed by atoms with Crippen LogP contribution in [0.3, 0.4) is 0 Å². The van der Waals surface area contributed by atoms with Gasteiger partial charge in [0.25, 0.3) is 5.69 Å². The van der Waals surface area contributed by atoms with Crippen molar-refractivity contribution >= 4 is 30.1 Å². The number of carboxylic acid groups (broad SMARTS) is 1. The number of rotatable bonds is 8. The van der Waals surface area contributed by atoms with Gasteiger partial charge in [0.15, 0.2) is 0 Å². The zero-order valence-electron chi connectivity index (χ0n) is 19.0. The van der Waals surface area contributed by atoms with E-state index in [0.717, 1.165) is 11.0 Å². The van der Waals surface area contributed by atoms with Crippen LogP contribution in [-0.2, 0) is 31.7 Å². The standard InChI is InChI=1S/C23H27BN2O7/c1-22(2)23(3,4)33-24(32-22)17-10-8-15(9-11-17)13-19(21(28)29)25-20(27)14-16-6-5-7-18(12-16)26(30)31/h5-12,19H,13-14H2,1-4H3,(H,25,27)(H,28,29)/t19-/m0/s1. The second-order valence-corrected chi connectivity index (χ2v) is 9.10. The lowest BCUT2D eigenvalue weighted by atomic mass is 9.78. The van der Waals surface area contributed by atoms with Crippen LogP contribution < -0.4 is 10.8 Å². The number of aliphatic carboxylic acids is 1. The third-order valence-corrected chi connectivity index (χ3v) is 6.06. The number of carboxylic acids is 1. The zero-order chi connectivity index (χ0) is 24.4. The Bertz CT molecular complexity index is 1040. The average molecular weight is 454 g/mol. The number of carbonyl (C=O) groups excluding carboxylic acids is 1. The number of nitrogens with one attached hydrogen (secondary N) is 1. The van der Waals surface area contributed by atoms with E-state index in [1.807, 2.05) is 39.8 Å². The molecule has 1 fully saturated rings. The number of hydrogen-bond acceptors (Lipinski definition) is 6. The van der Waals surface area contributed by atoms with Gasteiger partial charge in [0.1, 0.15) is 6.04 Å². The first kappa shape index (κ1) is 24.4. The van der Waals surface area contributed by atoms with Gasteiger partial charge in [0.2, 0.25) is 5.91 Å². The maximum atomic E-state index is 12.4. The number of carbonyl (C=O) groups is 2. The molecule has 9 nitrogen and oxygen atoms in total. The molecule has 2 aromatic rings. The molecule has 1 heterocycles. The van der Waals surface area contributed by atoms with Crippen LogP contribution in [0, 0.1) is 10.1 Å². The smallest absolute Gasteiger partial charge is 0.480 e. The van der Waals surface area contributed by atoms with Crippen molar-refractivity contribution in [1.82, 2.24) is 5.32 Å². The van der Waals surface area contributed by atoms with Crippen molar-refractivity contribution in [1.29, 1.82) is 0 Å². The van der Waals surface area contributed by atoms with Crippen LogP contribution >= 0.6 is 0 Å². The summed E-state index contributed by atoms with van der Waals surface area (Å²) >= 11 is 0. The second kappa shape index (κ2) is 9.32. The third-order valence-electron chi connectivity index (χ3n) is 6.06. The van der Waals surface area contributed by atoms with E-state index in [4.69, 9.17) is 9.31 Å². The molecular formula is C23H27BN2O7. The lowest BCUT2D eigenvalue weighted by Gasteiger charge is -2.32. The molecule has 1 amide bonds. The number of non-ortho nitro benzene ring substituents is 1. The Hall–Kier alpha value is -3.24. The Labute approximate surface area is 192 Å². The van der Waals surface area contributed by atoms with Gasteiger partial charge in [-0.2, -0.15) is 0 Å². The Morgan fingerprint density at radius 1 is 1.06 bits per heavy atom. The van der Waals surface area contributed by atoms with Crippen molar-refractivity contribution in [3.05, 3.63) is 69.8 Å². The first-order valence-corrected chi connectivity index (χ1v) is 10.6. The molecule has 1 aliphatic rings. The van der Waals surface area contributed by atoms with E-state index < -0.39 is 41.2 Å². The topological polar surface area (TPSA) is 128 Å². The van der Waals surface area contributed by atoms with Crippen molar-refractivity contribution < 1.29 is 28.9 Å². The summed E-state index contributed by atoms with van der Waals surface area (Å²) in [5, 5.41) is 23.0. The van der Waals surface area contributed by atoms with Gasteiger partial charge in [-0.25, -0.2) is 4.79 Å². The molecule has 2 aromatic carbocycles. The first-order chi connectivity index (χ1) is 15.4. The second-order valence-electron chi connectivity index (χ2n) is 9.10. The predicted molar refractivity (Wildman–Crippen MR) is 122 cm³/mol. The largest absolute Gasteiger partial charge is 0.494 e. The minimum Gasteiger partial charge on any atom is -0.480 e. The summed E-state index contributed by atoms with van der Waals surface area (Å²) < 4.78 is 12.1. The predicted octanol–water partition coefficient (Wildman–Crippen LogP) is 2.25. The highest BCUT2D eigenvalue weighted by Gasteiger charge is 2.51. The molecule has 1 atom stereocenters. The van der Waals surface area contributed by atoms with Crippen LogP contribution in [-0.4, -0.2) is 46.3 Å². The van der Waals surface area contributed by atoms with Crippen LogP contribution in [0.5, 0.6) is 0 Å². The van der Waals surface area contributed by atoms with E-state index in [0.29, 0.717) is 5.56 Å². The Balaban J connectivity index is 1.63. The summed E-state index contributed by atoms with van der Waals surface area (Å²) in [6.45, 7) is 7.87. The minimum atomic E-state index is -1.17. The SMILES string of the molecule is CC1(C)OB(c2ccc(C[C@H](NC(=O)Cc3cccc([N+](=O)[O-])c3)C(=O)O)cc2)OC1(C)C. The number of benzene rings is 2. The quantitative estimate of drug-likeness (QED) is 0.356. The van der Waals surface area contributed by atoms with E-state index in [9.17, 15) is 24.8 Å². The average Bonchev–Trinajstić information content (AvgIpc) is 2.95. The third kappa shape index (κ3) is 5.77. The van der Waals surface area contributed by atoms with Gasteiger partial charge in [-0.15, -0.1) is 0 Å². The summed E-state index contributed by atoms with van der Waals surface area (Å²) in [4.78, 5) is 34.4. The van der Waals surface area contributed by atoms with Crippen LogP contribution in [0.2, 0.25) is 0 Å². The highest BCUT2D eigenvalue weighted by Crippen LogP contribution is 2.36. The van der Waals surface area contributed by atoms with Crippen LogP contribution in [0.15, 0.2) is 48.5 Å². The first-order valence-electron chi connectivity index (χ1n) is 10.6. The van der Waals surface area contributed by atoms with Crippen LogP contribution in [0.25, 0.3) is 0 Å². The van der Waals surface area contributed by atoms with Gasteiger partial charge in [0.05, 0.1) is 22.5 Å². The maximum absolute atomic E-state index is 12.4. The maximum Gasteiger partial charge on any atom is 0.494 e. The van der Waals surface area contributed by atoms with E-state index >= 15 is 0 Å². The summed E-state index contributed by atoms with van der Waals surface area (Å²) in [6, 6.07) is 11.8. The van der Waals surface area contributed by atoms with Crippen molar-refractivity contribution in [3.8, 4) is 0 Å². The molecule has 10 heteroatoms. The van der Waals surface area contributed by atoms with E-state index in [1.54, 1.807) is 18.2 Å². The van der Waals surface area contributed by atoms with Crippen molar-refractivity contribution in [3.63, 3.8) is 0 Å². The summed E-state index contributed by atoms with van der Waals surface area (Å²) in [6.07, 6.45) is -0.0774. The van der Waals surface area contributed by atoms with Crippen molar-refractivity contribution in [2.75, 3.05) is 0 Å². The molecule has 3 rings (SSSR count). The van der Waals surface area contributed by atoms with Crippen molar-refractivity contribution in [2.24, 2.45) is 0 Å². The van der Waals surface area contributed by atoms with Crippen LogP contribution in [0.1, 0.15) is 38.8 Å². The molecule has 174 valence electrons. The fourth-order valence-electron chi connectivity index (χ4n) is 3.44. The van der Waals surface area contributed by atoms with E-state index in [-0.39, 0.29) is 18.5 Å². The molecule has 33 heavy (non-hydrogen) atoms. The summed E-state index contributed by atoms with van der Waals surface area (Å²) in [5.41, 5.74) is 0.912. The van der Waals surface area contributed by atoms with Gasteiger partial charge in [-0.3, -0.25) is 14.9 Å². The summed E-state index contributed by atoms with van der Waals surface area (Å²) in [7, 11) is -0.519. The molecular weight excluding hydrogens is 427 g/mol. The lowest BCUT2D eigenvalue weighted by Crippen LogP contribution is -2.43. The molecule has 0 unspecified atom stereocenters. The molecule has 0 bridgehead atoms. The molecule has 0 spiro atoms. The molecule has 0 saturated carbocycles. The fraction of sp³-hybridized carbons (Fsp3) is 0.391. The Kier molecular flexibility index (Phi) is 6.90. The zero-order valence-corrected chi connectivity index (χ0v) is 19.0. The normalized spacial score (nSPS) is 17.4. The number of amides is 1. The van der Waals surface area contributed by atoms with E-state index in [2.05, 4.69) is 5.32 Å². The highest BCUT2D eigenvalue weighted by molar-refractivity contribution is 6.62. The molecule has 0 aliphatic carbocycles. The number of nitrogens with zero attached hydrogens (tertiary/aromatic N) is 1. The molecule has 2 N–H and O–H groups in total. The summed E-state index contributed by atoms with van der Waals surface area (Å²) in [5.74, 6) is -1.70. The minimum absolute atomic E-state index is 0.0830. The van der Waals surface area contributed by atoms with Gasteiger partial charge in [0, 0.05) is 18.6 Å². The van der Waals surface area contributed by atoms with Gasteiger partial charge < -0.3 is 19.7 Å². The monoisotopic (exact) mass is 454 g/mol. The van der Waals surface area contributed by atoms with Gasteiger partial charge >= 0.3 is 13.1 Å². The van der Waals surface area contributed by atoms with E-state index in [1.165, 1.54) is 18.2 Å². The molecule has 1 aliphatic heterocycles. The molecule has 0 aromatic heterocycles. The molecule has 0 radical (unpaired) electrons. The number of hydrogen-bond donors (Lipinski definition) is 2. The Morgan fingerprint density at radius 2 is 1.67 bits per heavy atom. The highest BCUT2D eigenvalue weighted by atomic mass is 16.7. The Morgan fingerprint density at radius 3 is 2.21 bits per heavy atom. The lowest BCUT2D eigenvalue weighted by molar-refractivity contribution is -0.384. The fourth-order valence-corrected chi connectivity index (χ4v) is 3.44. The van der Waals surface area contributed by atoms with Gasteiger partial charge in [-0.1, -0.05) is 36.4 Å². The number of nitro benzene ring substituents is 1. The number of nitro groups is 1. The van der Waals surface area contributed by atoms with Crippen LogP contribution in [0.4, 0.5) is 5.69 Å².